The Kier molecular flexibility index (Phi) is 4.30. The molecular weight excluding hydrogens is 290 g/mol. The van der Waals surface area contributed by atoms with Crippen molar-refractivity contribution in [2.24, 2.45) is 0 Å². The Morgan fingerprint density at radius 1 is 1.62 bits per heavy atom. The number of carbonyl (C=O) groups is 1. The van der Waals surface area contributed by atoms with Crippen molar-refractivity contribution in [2.45, 2.75) is 13.5 Å². The first kappa shape index (κ1) is 14.7. The molecule has 0 bridgehead atoms. The zero-order valence-electron chi connectivity index (χ0n) is 11.1. The Labute approximate surface area is 123 Å². The molecule has 2 heterocycles. The van der Waals surface area contributed by atoms with Crippen LogP contribution >= 0.6 is 11.3 Å². The van der Waals surface area contributed by atoms with Gasteiger partial charge in [-0.3, -0.25) is 14.3 Å². The second-order valence-electron chi connectivity index (χ2n) is 4.04. The summed E-state index contributed by atoms with van der Waals surface area (Å²) in [6.45, 7) is 2.02. The highest BCUT2D eigenvalue weighted by Crippen LogP contribution is 1.97. The molecule has 0 unspecified atom stereocenters. The van der Waals surface area contributed by atoms with Gasteiger partial charge in [0.1, 0.15) is 10.7 Å². The summed E-state index contributed by atoms with van der Waals surface area (Å²) in [5, 5.41) is 18.0. The number of hydrogen-bond acceptors (Lipinski definition) is 5. The fraction of sp³-hybridized carbons (Fsp3) is 0.143. The third kappa shape index (κ3) is 2.90. The number of pyridine rings is 1. The molecule has 21 heavy (non-hydrogen) atoms. The minimum absolute atomic E-state index is 0.160. The van der Waals surface area contributed by atoms with Gasteiger partial charge in [0.15, 0.2) is 5.57 Å². The Bertz CT molecular complexity index is 888. The van der Waals surface area contributed by atoms with Gasteiger partial charge in [0.2, 0.25) is 0 Å². The molecule has 0 aliphatic rings. The van der Waals surface area contributed by atoms with E-state index < -0.39 is 11.5 Å². The molecule has 7 heteroatoms. The molecule has 2 aromatic rings. The molecular formula is C14H11N3O3S. The van der Waals surface area contributed by atoms with E-state index in [4.69, 9.17) is 10.4 Å². The molecule has 0 spiro atoms. The van der Waals surface area contributed by atoms with Crippen molar-refractivity contribution >= 4 is 29.0 Å². The van der Waals surface area contributed by atoms with Crippen molar-refractivity contribution in [3.05, 3.63) is 49.6 Å². The average Bonchev–Trinajstić information content (AvgIpc) is 2.77. The topological polar surface area (TPSA) is 96.0 Å². The number of carboxylic acid groups (broad SMARTS) is 1. The van der Waals surface area contributed by atoms with E-state index in [-0.39, 0.29) is 10.2 Å². The van der Waals surface area contributed by atoms with Gasteiger partial charge in [0.05, 0.1) is 4.53 Å². The van der Waals surface area contributed by atoms with E-state index in [1.807, 2.05) is 0 Å². The van der Waals surface area contributed by atoms with Gasteiger partial charge >= 0.3 is 5.97 Å². The summed E-state index contributed by atoms with van der Waals surface area (Å²) in [7, 11) is 0. The lowest BCUT2D eigenvalue weighted by Gasteiger charge is -1.95. The Morgan fingerprint density at radius 2 is 2.38 bits per heavy atom. The van der Waals surface area contributed by atoms with Crippen molar-refractivity contribution < 1.29 is 9.90 Å². The first-order chi connectivity index (χ1) is 10.1. The maximum atomic E-state index is 12.3. The number of aliphatic carboxylic acids is 1. The molecule has 0 aliphatic heterocycles. The predicted octanol–water partition coefficient (Wildman–Crippen LogP) is -0.0876. The third-order valence-electron chi connectivity index (χ3n) is 2.75. The van der Waals surface area contributed by atoms with E-state index in [1.54, 1.807) is 43.6 Å². The molecule has 1 N–H and O–H groups in total. The zero-order valence-corrected chi connectivity index (χ0v) is 11.9. The van der Waals surface area contributed by atoms with Crippen LogP contribution in [-0.2, 0) is 11.3 Å². The second-order valence-corrected chi connectivity index (χ2v) is 5.07. The number of hydrogen-bond donors (Lipinski definition) is 1. The standard InChI is InChI=1S/C14H11N3O3S/c1-2-17-12(18)11(6-9-4-3-5-16-8-9)21-13(17)10(7-15)14(19)20/h3-6,8H,2H2,1H3,(H,19,20)/b11-6?,13-10-. The average molecular weight is 301 g/mol. The SMILES string of the molecule is CCn1c(=O)c(=Cc2cccnc2)s/c1=C(/C#N)C(=O)O. The number of carboxylic acids is 1. The Balaban J connectivity index is 2.83. The van der Waals surface area contributed by atoms with Crippen molar-refractivity contribution in [2.75, 3.05) is 0 Å². The van der Waals surface area contributed by atoms with E-state index in [1.165, 1.54) is 4.57 Å². The Morgan fingerprint density at radius 3 is 2.90 bits per heavy atom. The highest BCUT2D eigenvalue weighted by molar-refractivity contribution is 7.07. The van der Waals surface area contributed by atoms with Gasteiger partial charge in [-0.05, 0) is 24.6 Å². The quantitative estimate of drug-likeness (QED) is 0.855. The van der Waals surface area contributed by atoms with Gasteiger partial charge in [0, 0.05) is 18.9 Å². The summed E-state index contributed by atoms with van der Waals surface area (Å²) < 4.78 is 1.82. The van der Waals surface area contributed by atoms with Crippen LogP contribution in [0.5, 0.6) is 0 Å². The van der Waals surface area contributed by atoms with Gasteiger partial charge < -0.3 is 5.11 Å². The lowest BCUT2D eigenvalue weighted by atomic mass is 10.3. The lowest BCUT2D eigenvalue weighted by Crippen LogP contribution is -2.32. The van der Waals surface area contributed by atoms with Crippen LogP contribution in [-0.4, -0.2) is 20.6 Å². The molecule has 0 atom stereocenters. The lowest BCUT2D eigenvalue weighted by molar-refractivity contribution is -0.130. The van der Waals surface area contributed by atoms with Crippen LogP contribution in [0.3, 0.4) is 0 Å². The molecule has 0 amide bonds. The molecule has 0 aliphatic carbocycles. The van der Waals surface area contributed by atoms with Gasteiger partial charge in [-0.2, -0.15) is 5.26 Å². The summed E-state index contributed by atoms with van der Waals surface area (Å²) in [5.41, 5.74) is -0.000347. The van der Waals surface area contributed by atoms with Crippen LogP contribution < -0.4 is 14.8 Å². The normalized spacial score (nSPS) is 12.9. The van der Waals surface area contributed by atoms with Crippen LogP contribution in [0.2, 0.25) is 0 Å². The molecule has 2 aromatic heterocycles. The molecule has 106 valence electrons. The Hall–Kier alpha value is -2.72. The molecule has 0 saturated heterocycles. The van der Waals surface area contributed by atoms with Crippen molar-refractivity contribution in [1.82, 2.24) is 9.55 Å². The van der Waals surface area contributed by atoms with Crippen LogP contribution in [0.15, 0.2) is 29.3 Å². The van der Waals surface area contributed by atoms with Crippen molar-refractivity contribution in [3.63, 3.8) is 0 Å². The minimum atomic E-state index is -1.34. The van der Waals surface area contributed by atoms with E-state index in [0.717, 1.165) is 16.9 Å². The smallest absolute Gasteiger partial charge is 0.349 e. The van der Waals surface area contributed by atoms with Crippen molar-refractivity contribution in [3.8, 4) is 6.07 Å². The third-order valence-corrected chi connectivity index (χ3v) is 3.88. The fourth-order valence-electron chi connectivity index (χ4n) is 1.79. The maximum absolute atomic E-state index is 12.3. The van der Waals surface area contributed by atoms with E-state index in [9.17, 15) is 9.59 Å². The van der Waals surface area contributed by atoms with E-state index in [2.05, 4.69) is 4.98 Å². The first-order valence-electron chi connectivity index (χ1n) is 6.07. The molecule has 2 rings (SSSR count). The van der Waals surface area contributed by atoms with Gasteiger partial charge in [0.25, 0.3) is 5.56 Å². The highest BCUT2D eigenvalue weighted by atomic mass is 32.1. The second kappa shape index (κ2) is 6.15. The number of nitrogens with zero attached hydrogens (tertiary/aromatic N) is 3. The largest absolute Gasteiger partial charge is 0.477 e. The molecule has 0 aromatic carbocycles. The number of nitriles is 1. The van der Waals surface area contributed by atoms with Crippen LogP contribution in [0, 0.1) is 11.3 Å². The molecule has 0 radical (unpaired) electrons. The number of aromatic nitrogens is 2. The van der Waals surface area contributed by atoms with E-state index in [0.29, 0.717) is 11.1 Å². The van der Waals surface area contributed by atoms with Gasteiger partial charge in [-0.25, -0.2) is 4.79 Å². The minimum Gasteiger partial charge on any atom is -0.477 e. The summed E-state index contributed by atoms with van der Waals surface area (Å²) in [4.78, 5) is 27.3. The maximum Gasteiger partial charge on any atom is 0.349 e. The molecule has 6 nitrogen and oxygen atoms in total. The monoisotopic (exact) mass is 301 g/mol. The van der Waals surface area contributed by atoms with Crippen LogP contribution in [0.4, 0.5) is 0 Å². The van der Waals surface area contributed by atoms with Crippen LogP contribution in [0.25, 0.3) is 11.6 Å². The molecule has 0 fully saturated rings. The highest BCUT2D eigenvalue weighted by Gasteiger charge is 2.13. The van der Waals surface area contributed by atoms with E-state index >= 15 is 0 Å². The van der Waals surface area contributed by atoms with Crippen LogP contribution in [0.1, 0.15) is 12.5 Å². The fourth-order valence-corrected chi connectivity index (χ4v) is 2.95. The molecule has 0 saturated carbocycles. The van der Waals surface area contributed by atoms with Gasteiger partial charge in [-0.1, -0.05) is 6.07 Å². The summed E-state index contributed by atoms with van der Waals surface area (Å²) in [6.07, 6.45) is 4.85. The first-order valence-corrected chi connectivity index (χ1v) is 6.89. The summed E-state index contributed by atoms with van der Waals surface area (Å²) >= 11 is 0.993. The predicted molar refractivity (Wildman–Crippen MR) is 78.0 cm³/mol. The zero-order chi connectivity index (χ0) is 15.4. The number of rotatable bonds is 3. The van der Waals surface area contributed by atoms with Crippen molar-refractivity contribution in [1.29, 1.82) is 5.26 Å². The van der Waals surface area contributed by atoms with Gasteiger partial charge in [-0.15, -0.1) is 11.3 Å². The number of thiazole rings is 1. The summed E-state index contributed by atoms with van der Waals surface area (Å²) in [6, 6.07) is 5.16. The summed E-state index contributed by atoms with van der Waals surface area (Å²) in [5.74, 6) is -1.34.